The summed E-state index contributed by atoms with van der Waals surface area (Å²) in [6.45, 7) is 0.428. The molecule has 6 heteroatoms. The van der Waals surface area contributed by atoms with Crippen molar-refractivity contribution in [3.8, 4) is 23.0 Å². The van der Waals surface area contributed by atoms with Gasteiger partial charge in [0.05, 0.1) is 46.2 Å². The highest BCUT2D eigenvalue weighted by Crippen LogP contribution is 2.50. The standard InChI is InChI=1S/C26H23NO5/c1-29-16-10-8-15(9-11-16)14-27-20-12-18-17(6-5-7-21(18)30-2)24-23(20)19(26(27)28)13-22(31-3)25(24)32-4/h5-13H,14H2,1-4H3. The lowest BCUT2D eigenvalue weighted by Gasteiger charge is -2.19. The van der Waals surface area contributed by atoms with Gasteiger partial charge in [0.25, 0.3) is 5.91 Å². The predicted molar refractivity (Wildman–Crippen MR) is 125 cm³/mol. The molecule has 6 nitrogen and oxygen atoms in total. The van der Waals surface area contributed by atoms with E-state index in [9.17, 15) is 4.79 Å². The minimum atomic E-state index is -0.0731. The van der Waals surface area contributed by atoms with Crippen LogP contribution in [-0.4, -0.2) is 34.3 Å². The first-order valence-electron chi connectivity index (χ1n) is 10.2. The SMILES string of the molecule is COc1ccc(CN2C(=O)c3cc(OC)c(OC)c4c3c2cc2c(OC)cccc24)cc1. The largest absolute Gasteiger partial charge is 0.497 e. The quantitative estimate of drug-likeness (QED) is 0.395. The fraction of sp³-hybridized carbons (Fsp3) is 0.192. The molecule has 4 aromatic carbocycles. The summed E-state index contributed by atoms with van der Waals surface area (Å²) in [4.78, 5) is 15.4. The normalized spacial score (nSPS) is 12.5. The Balaban J connectivity index is 1.80. The number of ether oxygens (including phenoxy) is 4. The molecule has 1 aliphatic rings. The van der Waals surface area contributed by atoms with E-state index in [1.807, 2.05) is 48.5 Å². The van der Waals surface area contributed by atoms with Crippen LogP contribution in [0, 0.1) is 0 Å². The van der Waals surface area contributed by atoms with Crippen LogP contribution in [0.1, 0.15) is 15.9 Å². The summed E-state index contributed by atoms with van der Waals surface area (Å²) in [5.41, 5.74) is 2.43. The molecule has 32 heavy (non-hydrogen) atoms. The van der Waals surface area contributed by atoms with Gasteiger partial charge < -0.3 is 23.8 Å². The van der Waals surface area contributed by atoms with E-state index in [0.717, 1.165) is 44.3 Å². The van der Waals surface area contributed by atoms with Crippen molar-refractivity contribution in [2.45, 2.75) is 6.54 Å². The summed E-state index contributed by atoms with van der Waals surface area (Å²) in [5.74, 6) is 2.56. The van der Waals surface area contributed by atoms with Gasteiger partial charge in [-0.2, -0.15) is 0 Å². The molecule has 0 unspecified atom stereocenters. The molecule has 4 aromatic rings. The van der Waals surface area contributed by atoms with Crippen LogP contribution >= 0.6 is 0 Å². The molecule has 0 fully saturated rings. The minimum absolute atomic E-state index is 0.0731. The second-order valence-electron chi connectivity index (χ2n) is 7.60. The van der Waals surface area contributed by atoms with E-state index in [1.54, 1.807) is 39.4 Å². The zero-order valence-electron chi connectivity index (χ0n) is 18.4. The average molecular weight is 429 g/mol. The van der Waals surface area contributed by atoms with Crippen molar-refractivity contribution in [2.75, 3.05) is 33.3 Å². The Bertz CT molecular complexity index is 1360. The van der Waals surface area contributed by atoms with Gasteiger partial charge in [0.2, 0.25) is 0 Å². The molecule has 0 saturated heterocycles. The second kappa shape index (κ2) is 7.64. The van der Waals surface area contributed by atoms with E-state index in [2.05, 4.69) is 0 Å². The van der Waals surface area contributed by atoms with E-state index in [-0.39, 0.29) is 5.91 Å². The number of anilines is 1. The number of methoxy groups -OCH3 is 4. The van der Waals surface area contributed by atoms with Crippen LogP contribution in [0.2, 0.25) is 0 Å². The van der Waals surface area contributed by atoms with Crippen LogP contribution in [0.4, 0.5) is 5.69 Å². The summed E-state index contributed by atoms with van der Waals surface area (Å²) < 4.78 is 22.3. The smallest absolute Gasteiger partial charge is 0.259 e. The summed E-state index contributed by atoms with van der Waals surface area (Å²) in [6.07, 6.45) is 0. The van der Waals surface area contributed by atoms with Crippen molar-refractivity contribution in [1.82, 2.24) is 0 Å². The van der Waals surface area contributed by atoms with Crippen LogP contribution in [0.15, 0.2) is 54.6 Å². The van der Waals surface area contributed by atoms with Gasteiger partial charge in [0.1, 0.15) is 11.5 Å². The number of hydrogen-bond donors (Lipinski definition) is 0. The highest BCUT2D eigenvalue weighted by atomic mass is 16.5. The molecule has 0 atom stereocenters. The molecule has 0 saturated carbocycles. The maximum atomic E-state index is 13.6. The van der Waals surface area contributed by atoms with Crippen molar-refractivity contribution in [2.24, 2.45) is 0 Å². The summed E-state index contributed by atoms with van der Waals surface area (Å²) in [7, 11) is 6.48. The molecular weight excluding hydrogens is 406 g/mol. The van der Waals surface area contributed by atoms with Crippen molar-refractivity contribution in [1.29, 1.82) is 0 Å². The van der Waals surface area contributed by atoms with Gasteiger partial charge in [-0.1, -0.05) is 24.3 Å². The predicted octanol–water partition coefficient (Wildman–Crippen LogP) is 5.19. The molecule has 0 N–H and O–H groups in total. The first kappa shape index (κ1) is 20.0. The van der Waals surface area contributed by atoms with Crippen molar-refractivity contribution in [3.63, 3.8) is 0 Å². The number of nitrogens with zero attached hydrogens (tertiary/aromatic N) is 1. The molecule has 1 amide bonds. The van der Waals surface area contributed by atoms with Gasteiger partial charge in [0.15, 0.2) is 11.5 Å². The number of rotatable bonds is 6. The molecule has 162 valence electrons. The first-order valence-corrected chi connectivity index (χ1v) is 10.2. The zero-order chi connectivity index (χ0) is 22.4. The lowest BCUT2D eigenvalue weighted by Crippen LogP contribution is -2.26. The van der Waals surface area contributed by atoms with Gasteiger partial charge in [-0.05, 0) is 41.3 Å². The van der Waals surface area contributed by atoms with Crippen LogP contribution in [-0.2, 0) is 6.54 Å². The van der Waals surface area contributed by atoms with E-state index in [4.69, 9.17) is 18.9 Å². The van der Waals surface area contributed by atoms with E-state index in [1.165, 1.54) is 0 Å². The molecule has 1 aliphatic heterocycles. The maximum Gasteiger partial charge on any atom is 0.259 e. The summed E-state index contributed by atoms with van der Waals surface area (Å²) in [6, 6.07) is 17.4. The Morgan fingerprint density at radius 2 is 1.50 bits per heavy atom. The number of hydrogen-bond acceptors (Lipinski definition) is 5. The van der Waals surface area contributed by atoms with Gasteiger partial charge in [-0.3, -0.25) is 4.79 Å². The van der Waals surface area contributed by atoms with Crippen molar-refractivity contribution in [3.05, 3.63) is 65.7 Å². The molecule has 0 aliphatic carbocycles. The highest BCUT2D eigenvalue weighted by Gasteiger charge is 2.34. The fourth-order valence-corrected chi connectivity index (χ4v) is 4.52. The Kier molecular flexibility index (Phi) is 4.78. The Labute approximate surface area is 185 Å². The highest BCUT2D eigenvalue weighted by molar-refractivity contribution is 6.31. The van der Waals surface area contributed by atoms with Crippen molar-refractivity contribution < 1.29 is 23.7 Å². The number of fused-ring (bicyclic) bond motifs is 2. The summed E-state index contributed by atoms with van der Waals surface area (Å²) >= 11 is 0. The van der Waals surface area contributed by atoms with E-state index in [0.29, 0.717) is 23.6 Å². The molecule has 1 heterocycles. The minimum Gasteiger partial charge on any atom is -0.497 e. The number of carbonyl (C=O) groups excluding carboxylic acids is 1. The Hall–Kier alpha value is -3.93. The number of carbonyl (C=O) groups is 1. The monoisotopic (exact) mass is 429 g/mol. The van der Waals surface area contributed by atoms with Crippen LogP contribution in [0.5, 0.6) is 23.0 Å². The topological polar surface area (TPSA) is 57.2 Å². The van der Waals surface area contributed by atoms with Crippen LogP contribution in [0.25, 0.3) is 21.5 Å². The molecule has 0 spiro atoms. The Morgan fingerprint density at radius 3 is 2.16 bits per heavy atom. The third-order valence-electron chi connectivity index (χ3n) is 6.03. The fourth-order valence-electron chi connectivity index (χ4n) is 4.52. The molecule has 0 radical (unpaired) electrons. The zero-order valence-corrected chi connectivity index (χ0v) is 18.4. The molecule has 0 aromatic heterocycles. The number of amides is 1. The van der Waals surface area contributed by atoms with Crippen LogP contribution < -0.4 is 23.8 Å². The van der Waals surface area contributed by atoms with Gasteiger partial charge in [-0.25, -0.2) is 0 Å². The molecule has 0 bridgehead atoms. The average Bonchev–Trinajstić information content (AvgIpc) is 3.09. The molecule has 5 rings (SSSR count). The van der Waals surface area contributed by atoms with E-state index >= 15 is 0 Å². The van der Waals surface area contributed by atoms with Gasteiger partial charge >= 0.3 is 0 Å². The third-order valence-corrected chi connectivity index (χ3v) is 6.03. The lowest BCUT2D eigenvalue weighted by molar-refractivity contribution is 0.0991. The maximum absolute atomic E-state index is 13.6. The van der Waals surface area contributed by atoms with Crippen molar-refractivity contribution >= 4 is 33.1 Å². The van der Waals surface area contributed by atoms with E-state index < -0.39 is 0 Å². The van der Waals surface area contributed by atoms with Gasteiger partial charge in [0, 0.05) is 16.2 Å². The number of benzene rings is 4. The third kappa shape index (κ3) is 2.83. The van der Waals surface area contributed by atoms with Gasteiger partial charge in [-0.15, -0.1) is 0 Å². The first-order chi connectivity index (χ1) is 15.6. The van der Waals surface area contributed by atoms with Crippen LogP contribution in [0.3, 0.4) is 0 Å². The summed E-state index contributed by atoms with van der Waals surface area (Å²) in [5, 5.41) is 3.56. The lowest BCUT2D eigenvalue weighted by atomic mass is 9.96. The Morgan fingerprint density at radius 1 is 0.750 bits per heavy atom. The molecular formula is C26H23NO5. The second-order valence-corrected chi connectivity index (χ2v) is 7.60.